The first kappa shape index (κ1) is 19.1. The predicted octanol–water partition coefficient (Wildman–Crippen LogP) is 7.01. The highest BCUT2D eigenvalue weighted by Crippen LogP contribution is 2.47. The molecule has 0 saturated heterocycles. The molecule has 7 heteroatoms. The molecule has 0 spiro atoms. The zero-order valence-electron chi connectivity index (χ0n) is 16.8. The Morgan fingerprint density at radius 2 is 1.68 bits per heavy atom. The van der Waals surface area contributed by atoms with Crippen LogP contribution in [0, 0.1) is 5.92 Å². The monoisotopic (exact) mass is 461 g/mol. The predicted molar refractivity (Wildman–Crippen MR) is 132 cm³/mol. The van der Waals surface area contributed by atoms with E-state index < -0.39 is 0 Å². The van der Waals surface area contributed by atoms with Crippen LogP contribution in [0.1, 0.15) is 33.6 Å². The van der Waals surface area contributed by atoms with Crippen LogP contribution in [0.25, 0.3) is 31.0 Å². The maximum absolute atomic E-state index is 13.1. The fraction of sp³-hybridized carbons (Fsp3) is 0.208. The number of rotatable bonds is 3. The number of hydrogen-bond acceptors (Lipinski definition) is 6. The summed E-state index contributed by atoms with van der Waals surface area (Å²) in [6, 6.07) is 16.1. The van der Waals surface area contributed by atoms with E-state index in [-0.39, 0.29) is 5.91 Å². The number of para-hydroxylation sites is 2. The van der Waals surface area contributed by atoms with E-state index in [1.807, 2.05) is 36.4 Å². The molecule has 1 aliphatic rings. The molecule has 2 aromatic carbocycles. The smallest absolute Gasteiger partial charge is 0.285 e. The van der Waals surface area contributed by atoms with E-state index in [4.69, 9.17) is 4.98 Å². The maximum Gasteiger partial charge on any atom is 0.285 e. The van der Waals surface area contributed by atoms with Crippen LogP contribution >= 0.6 is 34.0 Å². The molecule has 3 aromatic heterocycles. The second kappa shape index (κ2) is 7.51. The first-order valence-electron chi connectivity index (χ1n) is 10.3. The normalized spacial score (nSPS) is 16.0. The lowest BCUT2D eigenvalue weighted by molar-refractivity contribution is 0.102. The van der Waals surface area contributed by atoms with Crippen molar-refractivity contribution in [1.29, 1.82) is 0 Å². The summed E-state index contributed by atoms with van der Waals surface area (Å²) in [5.74, 6) is 0.525. The van der Waals surface area contributed by atoms with Crippen molar-refractivity contribution < 1.29 is 4.79 Å². The molecule has 5 aromatic rings. The van der Waals surface area contributed by atoms with Crippen LogP contribution in [0.3, 0.4) is 0 Å². The van der Waals surface area contributed by atoms with Gasteiger partial charge in [-0.05, 0) is 55.0 Å². The van der Waals surface area contributed by atoms with Gasteiger partial charge >= 0.3 is 0 Å². The van der Waals surface area contributed by atoms with Gasteiger partial charge in [-0.2, -0.15) is 0 Å². The van der Waals surface area contributed by atoms with Crippen LogP contribution < -0.4 is 5.32 Å². The maximum atomic E-state index is 13.1. The fourth-order valence-corrected chi connectivity index (χ4v) is 7.55. The fourth-order valence-electron chi connectivity index (χ4n) is 4.17. The molecule has 0 saturated carbocycles. The minimum atomic E-state index is -0.143. The van der Waals surface area contributed by atoms with Crippen LogP contribution in [0.4, 0.5) is 5.00 Å². The molecule has 0 bridgehead atoms. The lowest BCUT2D eigenvalue weighted by atomic mass is 9.88. The van der Waals surface area contributed by atoms with Gasteiger partial charge in [0, 0.05) is 10.4 Å². The molecule has 1 atom stereocenters. The van der Waals surface area contributed by atoms with Gasteiger partial charge in [0.15, 0.2) is 5.01 Å². The third-order valence-electron chi connectivity index (χ3n) is 5.73. The zero-order valence-corrected chi connectivity index (χ0v) is 19.3. The Morgan fingerprint density at radius 1 is 0.968 bits per heavy atom. The minimum Gasteiger partial charge on any atom is -0.311 e. The van der Waals surface area contributed by atoms with Crippen molar-refractivity contribution in [1.82, 2.24) is 9.97 Å². The van der Waals surface area contributed by atoms with Crippen molar-refractivity contribution in [3.05, 3.63) is 64.0 Å². The molecule has 0 radical (unpaired) electrons. The van der Waals surface area contributed by atoms with Gasteiger partial charge in [0.25, 0.3) is 5.91 Å². The molecule has 1 amide bonds. The SMILES string of the molecule is CC1CCc2c(sc(NC(=O)c3nc4ccccc4s3)c2-c2nc3ccccc3s2)C1. The Balaban J connectivity index is 1.44. The molecule has 1 unspecified atom stereocenters. The van der Waals surface area contributed by atoms with Gasteiger partial charge in [0.2, 0.25) is 0 Å². The number of anilines is 1. The molecule has 1 N–H and O–H groups in total. The number of nitrogens with zero attached hydrogens (tertiary/aromatic N) is 2. The van der Waals surface area contributed by atoms with E-state index in [0.717, 1.165) is 44.1 Å². The minimum absolute atomic E-state index is 0.143. The van der Waals surface area contributed by atoms with Crippen LogP contribution in [0.15, 0.2) is 48.5 Å². The molecule has 31 heavy (non-hydrogen) atoms. The van der Waals surface area contributed by atoms with Gasteiger partial charge < -0.3 is 5.32 Å². The number of carbonyl (C=O) groups is 1. The van der Waals surface area contributed by atoms with E-state index in [1.54, 1.807) is 22.7 Å². The lowest BCUT2D eigenvalue weighted by Crippen LogP contribution is -2.11. The van der Waals surface area contributed by atoms with Crippen molar-refractivity contribution in [3.8, 4) is 10.6 Å². The van der Waals surface area contributed by atoms with Crippen LogP contribution in [-0.2, 0) is 12.8 Å². The van der Waals surface area contributed by atoms with Gasteiger partial charge in [-0.15, -0.1) is 34.0 Å². The molecule has 0 aliphatic heterocycles. The van der Waals surface area contributed by atoms with E-state index >= 15 is 0 Å². The largest absolute Gasteiger partial charge is 0.311 e. The molecule has 1 aliphatic carbocycles. The number of thiophene rings is 1. The lowest BCUT2D eigenvalue weighted by Gasteiger charge is -2.18. The highest BCUT2D eigenvalue weighted by atomic mass is 32.1. The standard InChI is InChI=1S/C24H19N3OS3/c1-13-10-11-14-19(12-13)31-23(20(14)22-25-15-6-2-4-8-17(15)29-22)27-21(28)24-26-16-7-3-5-9-18(16)30-24/h2-9,13H,10-12H2,1H3,(H,27,28). The van der Waals surface area contributed by atoms with Crippen molar-refractivity contribution in [2.24, 2.45) is 5.92 Å². The number of carbonyl (C=O) groups excluding carboxylic acids is 1. The molecule has 154 valence electrons. The summed E-state index contributed by atoms with van der Waals surface area (Å²) in [6.07, 6.45) is 3.27. The van der Waals surface area contributed by atoms with Crippen molar-refractivity contribution in [2.75, 3.05) is 5.32 Å². The number of hydrogen-bond donors (Lipinski definition) is 1. The molecular formula is C24H19N3OS3. The van der Waals surface area contributed by atoms with E-state index in [2.05, 4.69) is 29.4 Å². The second-order valence-corrected chi connectivity index (χ2v) is 11.1. The Labute approximate surface area is 191 Å². The van der Waals surface area contributed by atoms with E-state index in [9.17, 15) is 4.79 Å². The first-order valence-corrected chi connectivity index (χ1v) is 12.8. The van der Waals surface area contributed by atoms with Gasteiger partial charge in [0.05, 0.1) is 20.4 Å². The summed E-state index contributed by atoms with van der Waals surface area (Å²) in [6.45, 7) is 2.30. The molecular weight excluding hydrogens is 442 g/mol. The summed E-state index contributed by atoms with van der Waals surface area (Å²) in [5, 5.41) is 5.59. The summed E-state index contributed by atoms with van der Waals surface area (Å²) < 4.78 is 2.20. The van der Waals surface area contributed by atoms with Crippen molar-refractivity contribution >= 4 is 65.4 Å². The zero-order chi connectivity index (χ0) is 20.9. The van der Waals surface area contributed by atoms with Gasteiger partial charge in [-0.3, -0.25) is 4.79 Å². The van der Waals surface area contributed by atoms with Crippen molar-refractivity contribution in [3.63, 3.8) is 0 Å². The molecule has 6 rings (SSSR count). The number of thiazole rings is 2. The van der Waals surface area contributed by atoms with Gasteiger partial charge in [-0.25, -0.2) is 9.97 Å². The Morgan fingerprint density at radius 3 is 2.42 bits per heavy atom. The summed E-state index contributed by atoms with van der Waals surface area (Å²) in [5.41, 5.74) is 4.35. The first-order chi connectivity index (χ1) is 15.2. The second-order valence-electron chi connectivity index (χ2n) is 7.98. The Kier molecular flexibility index (Phi) is 4.63. The van der Waals surface area contributed by atoms with E-state index in [0.29, 0.717) is 10.9 Å². The summed E-state index contributed by atoms with van der Waals surface area (Å²) >= 11 is 4.85. The average molecular weight is 462 g/mol. The van der Waals surface area contributed by atoms with Gasteiger partial charge in [0.1, 0.15) is 10.0 Å². The van der Waals surface area contributed by atoms with Crippen LogP contribution in [0.2, 0.25) is 0 Å². The number of amides is 1. The third kappa shape index (κ3) is 3.37. The topological polar surface area (TPSA) is 54.9 Å². The van der Waals surface area contributed by atoms with Gasteiger partial charge in [-0.1, -0.05) is 31.2 Å². The number of benzene rings is 2. The highest BCUT2D eigenvalue weighted by Gasteiger charge is 2.28. The number of aromatic nitrogens is 2. The number of nitrogens with one attached hydrogen (secondary N) is 1. The Bertz CT molecular complexity index is 1380. The molecule has 4 nitrogen and oxygen atoms in total. The quantitative estimate of drug-likeness (QED) is 0.314. The van der Waals surface area contributed by atoms with E-state index in [1.165, 1.54) is 32.9 Å². The van der Waals surface area contributed by atoms with Crippen molar-refractivity contribution in [2.45, 2.75) is 26.2 Å². The average Bonchev–Trinajstić information content (AvgIpc) is 3.47. The molecule has 3 heterocycles. The van der Waals surface area contributed by atoms with Crippen LogP contribution in [-0.4, -0.2) is 15.9 Å². The summed E-state index contributed by atoms with van der Waals surface area (Å²) in [4.78, 5) is 24.0. The highest BCUT2D eigenvalue weighted by molar-refractivity contribution is 7.23. The number of fused-ring (bicyclic) bond motifs is 3. The third-order valence-corrected chi connectivity index (χ3v) is 8.99. The summed E-state index contributed by atoms with van der Waals surface area (Å²) in [7, 11) is 0. The Hall–Kier alpha value is -2.61. The molecule has 0 fully saturated rings. The van der Waals surface area contributed by atoms with Crippen LogP contribution in [0.5, 0.6) is 0 Å².